The van der Waals surface area contributed by atoms with Crippen molar-refractivity contribution in [2.45, 2.75) is 39.8 Å². The Kier molecular flexibility index (Phi) is 6.07. The first-order valence-corrected chi connectivity index (χ1v) is 7.74. The molecule has 20 heavy (non-hydrogen) atoms. The van der Waals surface area contributed by atoms with E-state index in [1.165, 1.54) is 18.4 Å². The number of hydrogen-bond donors (Lipinski definition) is 1. The van der Waals surface area contributed by atoms with Crippen LogP contribution in [-0.4, -0.2) is 38.3 Å². The predicted molar refractivity (Wildman–Crippen MR) is 80.7 cm³/mol. The molecular formula is C16H28N2O2. The Morgan fingerprint density at radius 1 is 1.45 bits per heavy atom. The Bertz CT molecular complexity index is 399. The van der Waals surface area contributed by atoms with Crippen LogP contribution in [0.1, 0.15) is 36.8 Å². The van der Waals surface area contributed by atoms with Gasteiger partial charge in [-0.2, -0.15) is 0 Å². The van der Waals surface area contributed by atoms with E-state index in [0.717, 1.165) is 56.8 Å². The topological polar surface area (TPSA) is 37.6 Å². The minimum Gasteiger partial charge on any atom is -0.465 e. The van der Waals surface area contributed by atoms with Gasteiger partial charge in [0.15, 0.2) is 0 Å². The number of aryl methyl sites for hydroxylation is 1. The smallest absolute Gasteiger partial charge is 0.118 e. The highest BCUT2D eigenvalue weighted by Gasteiger charge is 2.21. The van der Waals surface area contributed by atoms with Crippen LogP contribution in [-0.2, 0) is 17.8 Å². The summed E-state index contributed by atoms with van der Waals surface area (Å²) in [7, 11) is 2.14. The number of hydrogen-bond acceptors (Lipinski definition) is 4. The standard InChI is InChI=1S/C16H28N2O2/c1-4-17-10-16-9-15(13(2)20-16)11-18(3)7-8-19-12-14-5-6-14/h9,14,17H,4-8,10-12H2,1-3H3. The summed E-state index contributed by atoms with van der Waals surface area (Å²) in [5.74, 6) is 2.91. The Labute approximate surface area is 122 Å². The number of nitrogens with zero attached hydrogens (tertiary/aromatic N) is 1. The van der Waals surface area contributed by atoms with E-state index in [4.69, 9.17) is 9.15 Å². The average molecular weight is 280 g/mol. The van der Waals surface area contributed by atoms with Crippen molar-refractivity contribution < 1.29 is 9.15 Å². The van der Waals surface area contributed by atoms with Crippen LogP contribution < -0.4 is 5.32 Å². The van der Waals surface area contributed by atoms with E-state index in [9.17, 15) is 0 Å². The monoisotopic (exact) mass is 280 g/mol. The maximum Gasteiger partial charge on any atom is 0.118 e. The van der Waals surface area contributed by atoms with Gasteiger partial charge in [0.25, 0.3) is 0 Å². The van der Waals surface area contributed by atoms with Gasteiger partial charge < -0.3 is 14.5 Å². The summed E-state index contributed by atoms with van der Waals surface area (Å²) in [6.07, 6.45) is 2.72. The molecule has 0 radical (unpaired) electrons. The second kappa shape index (κ2) is 7.81. The summed E-state index contributed by atoms with van der Waals surface area (Å²) < 4.78 is 11.4. The molecule has 1 aromatic heterocycles. The molecule has 1 heterocycles. The number of rotatable bonds is 10. The highest BCUT2D eigenvalue weighted by Crippen LogP contribution is 2.28. The van der Waals surface area contributed by atoms with Crippen LogP contribution in [0.4, 0.5) is 0 Å². The molecule has 0 amide bonds. The van der Waals surface area contributed by atoms with E-state index in [2.05, 4.69) is 30.3 Å². The minimum atomic E-state index is 0.811. The molecule has 1 aromatic rings. The summed E-state index contributed by atoms with van der Waals surface area (Å²) in [5, 5.41) is 3.29. The maximum atomic E-state index is 5.76. The molecule has 4 nitrogen and oxygen atoms in total. The fraction of sp³-hybridized carbons (Fsp3) is 0.750. The van der Waals surface area contributed by atoms with E-state index in [-0.39, 0.29) is 0 Å². The largest absolute Gasteiger partial charge is 0.465 e. The molecule has 2 rings (SSSR count). The average Bonchev–Trinajstić information content (AvgIpc) is 3.18. The summed E-state index contributed by atoms with van der Waals surface area (Å²) in [4.78, 5) is 2.29. The lowest BCUT2D eigenvalue weighted by molar-refractivity contribution is 0.102. The lowest BCUT2D eigenvalue weighted by atomic mass is 10.2. The third-order valence-corrected chi connectivity index (χ3v) is 3.73. The normalized spacial score (nSPS) is 15.2. The van der Waals surface area contributed by atoms with E-state index < -0.39 is 0 Å². The first-order chi connectivity index (χ1) is 9.69. The first kappa shape index (κ1) is 15.5. The molecule has 0 aliphatic heterocycles. The fourth-order valence-electron chi connectivity index (χ4n) is 2.20. The third kappa shape index (κ3) is 5.27. The lowest BCUT2D eigenvalue weighted by Gasteiger charge is -2.16. The molecule has 0 bridgehead atoms. The van der Waals surface area contributed by atoms with Gasteiger partial charge in [0.1, 0.15) is 11.5 Å². The van der Waals surface area contributed by atoms with Crippen LogP contribution in [0, 0.1) is 12.8 Å². The molecule has 1 N–H and O–H groups in total. The SMILES string of the molecule is CCNCc1cc(CN(C)CCOCC2CC2)c(C)o1. The number of furan rings is 1. The lowest BCUT2D eigenvalue weighted by Crippen LogP contribution is -2.23. The van der Waals surface area contributed by atoms with Gasteiger partial charge in [-0.1, -0.05) is 6.92 Å². The molecule has 4 heteroatoms. The van der Waals surface area contributed by atoms with Crippen molar-refractivity contribution in [2.75, 3.05) is 33.4 Å². The van der Waals surface area contributed by atoms with E-state index >= 15 is 0 Å². The molecule has 1 saturated carbocycles. The van der Waals surface area contributed by atoms with Gasteiger partial charge in [0, 0.05) is 25.3 Å². The minimum absolute atomic E-state index is 0.811. The molecule has 0 spiro atoms. The summed E-state index contributed by atoms with van der Waals surface area (Å²) in [6, 6.07) is 2.17. The Morgan fingerprint density at radius 3 is 2.95 bits per heavy atom. The van der Waals surface area contributed by atoms with Crippen LogP contribution in [0.25, 0.3) is 0 Å². The molecule has 1 aliphatic rings. The van der Waals surface area contributed by atoms with Crippen molar-refractivity contribution in [2.24, 2.45) is 5.92 Å². The Hall–Kier alpha value is -0.840. The Balaban J connectivity index is 1.68. The zero-order chi connectivity index (χ0) is 14.4. The van der Waals surface area contributed by atoms with Crippen molar-refractivity contribution in [1.29, 1.82) is 0 Å². The summed E-state index contributed by atoms with van der Waals surface area (Å²) >= 11 is 0. The van der Waals surface area contributed by atoms with Crippen molar-refractivity contribution >= 4 is 0 Å². The summed E-state index contributed by atoms with van der Waals surface area (Å²) in [5.41, 5.74) is 1.28. The molecule has 0 atom stereocenters. The van der Waals surface area contributed by atoms with Gasteiger partial charge >= 0.3 is 0 Å². The number of likely N-dealkylation sites (N-methyl/N-ethyl adjacent to an activating group) is 1. The second-order valence-electron chi connectivity index (χ2n) is 5.83. The quantitative estimate of drug-likeness (QED) is 0.668. The molecule has 1 aliphatic carbocycles. The molecule has 1 fully saturated rings. The molecular weight excluding hydrogens is 252 g/mol. The zero-order valence-corrected chi connectivity index (χ0v) is 13.1. The number of ether oxygens (including phenoxy) is 1. The van der Waals surface area contributed by atoms with Gasteiger partial charge in [-0.05, 0) is 45.3 Å². The van der Waals surface area contributed by atoms with E-state index in [0.29, 0.717) is 0 Å². The van der Waals surface area contributed by atoms with Crippen LogP contribution in [0.5, 0.6) is 0 Å². The maximum absolute atomic E-state index is 5.76. The Morgan fingerprint density at radius 2 is 2.25 bits per heavy atom. The van der Waals surface area contributed by atoms with Crippen LogP contribution in [0.3, 0.4) is 0 Å². The zero-order valence-electron chi connectivity index (χ0n) is 13.1. The van der Waals surface area contributed by atoms with Gasteiger partial charge in [0.05, 0.1) is 13.2 Å². The molecule has 114 valence electrons. The van der Waals surface area contributed by atoms with Gasteiger partial charge in [-0.25, -0.2) is 0 Å². The van der Waals surface area contributed by atoms with Gasteiger partial charge in [-0.15, -0.1) is 0 Å². The van der Waals surface area contributed by atoms with Crippen molar-refractivity contribution in [3.63, 3.8) is 0 Å². The fourth-order valence-corrected chi connectivity index (χ4v) is 2.20. The number of nitrogens with one attached hydrogen (secondary N) is 1. The second-order valence-corrected chi connectivity index (χ2v) is 5.83. The molecule has 0 unspecified atom stereocenters. The van der Waals surface area contributed by atoms with Crippen LogP contribution in [0.2, 0.25) is 0 Å². The van der Waals surface area contributed by atoms with Gasteiger partial charge in [-0.3, -0.25) is 4.90 Å². The predicted octanol–water partition coefficient (Wildman–Crippen LogP) is 2.56. The van der Waals surface area contributed by atoms with E-state index in [1.54, 1.807) is 0 Å². The van der Waals surface area contributed by atoms with Crippen molar-refractivity contribution in [3.05, 3.63) is 23.2 Å². The molecule has 0 saturated heterocycles. The van der Waals surface area contributed by atoms with Crippen molar-refractivity contribution in [3.8, 4) is 0 Å². The van der Waals surface area contributed by atoms with Gasteiger partial charge in [0.2, 0.25) is 0 Å². The molecule has 0 aromatic carbocycles. The third-order valence-electron chi connectivity index (χ3n) is 3.73. The van der Waals surface area contributed by atoms with E-state index in [1.807, 2.05) is 6.92 Å². The van der Waals surface area contributed by atoms with Crippen molar-refractivity contribution in [1.82, 2.24) is 10.2 Å². The van der Waals surface area contributed by atoms with Crippen LogP contribution in [0.15, 0.2) is 10.5 Å². The van der Waals surface area contributed by atoms with Crippen LogP contribution >= 0.6 is 0 Å². The highest BCUT2D eigenvalue weighted by atomic mass is 16.5. The summed E-state index contributed by atoms with van der Waals surface area (Å²) in [6.45, 7) is 9.60. The highest BCUT2D eigenvalue weighted by molar-refractivity contribution is 5.20. The first-order valence-electron chi connectivity index (χ1n) is 7.74.